The molecular formula is C5H15NO. The van der Waals surface area contributed by atoms with Crippen molar-refractivity contribution in [2.75, 3.05) is 6.61 Å². The van der Waals surface area contributed by atoms with Gasteiger partial charge in [-0.3, -0.25) is 0 Å². The van der Waals surface area contributed by atoms with Gasteiger partial charge in [0.15, 0.2) is 0 Å². The first-order valence-electron chi connectivity index (χ1n) is 2.64. The van der Waals surface area contributed by atoms with Crippen molar-refractivity contribution in [2.45, 2.75) is 26.8 Å². The van der Waals surface area contributed by atoms with E-state index in [0.29, 0.717) is 0 Å². The van der Waals surface area contributed by atoms with Crippen molar-refractivity contribution in [3.63, 3.8) is 0 Å². The second kappa shape index (κ2) is 9.33. The summed E-state index contributed by atoms with van der Waals surface area (Å²) in [5.74, 6) is 0. The van der Waals surface area contributed by atoms with Crippen LogP contribution in [0.3, 0.4) is 0 Å². The van der Waals surface area contributed by atoms with Crippen LogP contribution in [0, 0.1) is 0 Å². The summed E-state index contributed by atoms with van der Waals surface area (Å²) in [5.41, 5.74) is 5.04. The largest absolute Gasteiger partial charge is 0.395 e. The van der Waals surface area contributed by atoms with Gasteiger partial charge in [-0.25, -0.2) is 0 Å². The summed E-state index contributed by atoms with van der Waals surface area (Å²) in [6.45, 7) is 5.83. The first kappa shape index (κ1) is 10.0. The zero-order valence-corrected chi connectivity index (χ0v) is 5.31. The number of rotatable bonds is 1. The molecule has 0 aliphatic carbocycles. The monoisotopic (exact) mass is 105 g/mol. The zero-order chi connectivity index (χ0) is 6.28. The summed E-state index contributed by atoms with van der Waals surface area (Å²) in [4.78, 5) is 0. The molecule has 0 spiro atoms. The molecule has 0 aliphatic heterocycles. The molecule has 0 aromatic carbocycles. The number of aliphatic hydroxyl groups is 1. The Morgan fingerprint density at radius 3 is 1.71 bits per heavy atom. The SMILES string of the molecule is CC.CC(N)CO. The third kappa shape index (κ3) is 24.7. The van der Waals surface area contributed by atoms with Crippen molar-refractivity contribution in [1.82, 2.24) is 0 Å². The molecule has 0 heterocycles. The third-order valence-electron chi connectivity index (χ3n) is 0.288. The molecule has 46 valence electrons. The van der Waals surface area contributed by atoms with E-state index in [9.17, 15) is 0 Å². The van der Waals surface area contributed by atoms with E-state index in [4.69, 9.17) is 10.8 Å². The summed E-state index contributed by atoms with van der Waals surface area (Å²) in [7, 11) is 0. The van der Waals surface area contributed by atoms with Crippen LogP contribution < -0.4 is 5.73 Å². The lowest BCUT2D eigenvalue weighted by Gasteiger charge is -1.91. The van der Waals surface area contributed by atoms with Crippen molar-refractivity contribution in [3.8, 4) is 0 Å². The number of aliphatic hydroxyl groups excluding tert-OH is 1. The lowest BCUT2D eigenvalue weighted by Crippen LogP contribution is -2.18. The number of nitrogens with two attached hydrogens (primary N) is 1. The van der Waals surface area contributed by atoms with Crippen LogP contribution in [-0.2, 0) is 0 Å². The lowest BCUT2D eigenvalue weighted by atomic mass is 10.4. The molecule has 0 saturated heterocycles. The lowest BCUT2D eigenvalue weighted by molar-refractivity contribution is 0.273. The van der Waals surface area contributed by atoms with Gasteiger partial charge in [0.05, 0.1) is 6.61 Å². The molecule has 0 rings (SSSR count). The molecule has 0 amide bonds. The second-order valence-electron chi connectivity index (χ2n) is 1.16. The Labute approximate surface area is 45.3 Å². The maximum atomic E-state index is 8.02. The second-order valence-corrected chi connectivity index (χ2v) is 1.16. The summed E-state index contributed by atoms with van der Waals surface area (Å²) in [6, 6.07) is -0.0602. The Hall–Kier alpha value is -0.0800. The normalized spacial score (nSPS) is 11.6. The van der Waals surface area contributed by atoms with Gasteiger partial charge in [-0.2, -0.15) is 0 Å². The summed E-state index contributed by atoms with van der Waals surface area (Å²) >= 11 is 0. The average molecular weight is 105 g/mol. The Kier molecular flexibility index (Phi) is 13.3. The van der Waals surface area contributed by atoms with Crippen LogP contribution in [-0.4, -0.2) is 17.8 Å². The van der Waals surface area contributed by atoms with Crippen LogP contribution in [0.25, 0.3) is 0 Å². The van der Waals surface area contributed by atoms with Crippen molar-refractivity contribution >= 4 is 0 Å². The smallest absolute Gasteiger partial charge is 0.0579 e. The minimum absolute atomic E-state index is 0.0602. The van der Waals surface area contributed by atoms with Crippen LogP contribution in [0.4, 0.5) is 0 Å². The minimum atomic E-state index is -0.0602. The molecule has 7 heavy (non-hydrogen) atoms. The van der Waals surface area contributed by atoms with E-state index in [1.165, 1.54) is 0 Å². The van der Waals surface area contributed by atoms with Crippen LogP contribution in [0.1, 0.15) is 20.8 Å². The highest BCUT2D eigenvalue weighted by molar-refractivity contribution is 4.43. The van der Waals surface area contributed by atoms with E-state index in [2.05, 4.69) is 0 Å². The van der Waals surface area contributed by atoms with Gasteiger partial charge in [0.25, 0.3) is 0 Å². The minimum Gasteiger partial charge on any atom is -0.395 e. The van der Waals surface area contributed by atoms with E-state index in [-0.39, 0.29) is 12.6 Å². The Balaban J connectivity index is 0. The third-order valence-corrected chi connectivity index (χ3v) is 0.288. The van der Waals surface area contributed by atoms with Crippen LogP contribution in [0.2, 0.25) is 0 Å². The van der Waals surface area contributed by atoms with E-state index < -0.39 is 0 Å². The number of hydrogen-bond donors (Lipinski definition) is 2. The molecule has 1 unspecified atom stereocenters. The van der Waals surface area contributed by atoms with E-state index in [1.54, 1.807) is 6.92 Å². The van der Waals surface area contributed by atoms with Gasteiger partial charge in [0.1, 0.15) is 0 Å². The highest BCUT2D eigenvalue weighted by atomic mass is 16.3. The van der Waals surface area contributed by atoms with Crippen LogP contribution in [0.15, 0.2) is 0 Å². The predicted molar refractivity (Wildman–Crippen MR) is 32.1 cm³/mol. The fraction of sp³-hybridized carbons (Fsp3) is 1.00. The molecule has 0 radical (unpaired) electrons. The molecular weight excluding hydrogens is 90.1 g/mol. The molecule has 2 nitrogen and oxygen atoms in total. The molecule has 1 atom stereocenters. The van der Waals surface area contributed by atoms with Gasteiger partial charge < -0.3 is 10.8 Å². The fourth-order valence-electron chi connectivity index (χ4n) is 0. The van der Waals surface area contributed by atoms with E-state index in [1.807, 2.05) is 13.8 Å². The quantitative estimate of drug-likeness (QED) is 0.505. The molecule has 3 N–H and O–H groups in total. The highest BCUT2D eigenvalue weighted by Crippen LogP contribution is 1.62. The first-order valence-corrected chi connectivity index (χ1v) is 2.64. The van der Waals surface area contributed by atoms with Crippen molar-refractivity contribution < 1.29 is 5.11 Å². The number of hydrogen-bond acceptors (Lipinski definition) is 2. The Morgan fingerprint density at radius 1 is 1.57 bits per heavy atom. The first-order chi connectivity index (χ1) is 3.27. The van der Waals surface area contributed by atoms with Gasteiger partial charge in [0.2, 0.25) is 0 Å². The average Bonchev–Trinajstić information content (AvgIpc) is 1.73. The Morgan fingerprint density at radius 2 is 1.71 bits per heavy atom. The van der Waals surface area contributed by atoms with Gasteiger partial charge in [0, 0.05) is 6.04 Å². The molecule has 0 bridgehead atoms. The maximum absolute atomic E-state index is 8.02. The highest BCUT2D eigenvalue weighted by Gasteiger charge is 1.81. The summed E-state index contributed by atoms with van der Waals surface area (Å²) in [5, 5.41) is 8.02. The molecule has 0 fully saturated rings. The summed E-state index contributed by atoms with van der Waals surface area (Å²) < 4.78 is 0. The Bertz CT molecular complexity index is 22.0. The molecule has 0 aromatic rings. The molecule has 0 aromatic heterocycles. The van der Waals surface area contributed by atoms with Crippen molar-refractivity contribution in [3.05, 3.63) is 0 Å². The topological polar surface area (TPSA) is 46.2 Å². The van der Waals surface area contributed by atoms with Gasteiger partial charge in [-0.1, -0.05) is 13.8 Å². The van der Waals surface area contributed by atoms with Crippen molar-refractivity contribution in [1.29, 1.82) is 0 Å². The van der Waals surface area contributed by atoms with Gasteiger partial charge in [-0.15, -0.1) is 0 Å². The van der Waals surface area contributed by atoms with E-state index in [0.717, 1.165) is 0 Å². The molecule has 2 heteroatoms. The van der Waals surface area contributed by atoms with Crippen molar-refractivity contribution in [2.24, 2.45) is 5.73 Å². The standard InChI is InChI=1S/C3H9NO.C2H6/c1-3(4)2-5;1-2/h3,5H,2,4H2,1H3;1-2H3. The van der Waals surface area contributed by atoms with Crippen LogP contribution in [0.5, 0.6) is 0 Å². The van der Waals surface area contributed by atoms with Gasteiger partial charge >= 0.3 is 0 Å². The zero-order valence-electron chi connectivity index (χ0n) is 5.31. The molecule has 0 saturated carbocycles. The summed E-state index contributed by atoms with van der Waals surface area (Å²) in [6.07, 6.45) is 0. The van der Waals surface area contributed by atoms with Crippen LogP contribution >= 0.6 is 0 Å². The molecule has 0 aliphatic rings. The maximum Gasteiger partial charge on any atom is 0.0579 e. The van der Waals surface area contributed by atoms with Gasteiger partial charge in [-0.05, 0) is 6.92 Å². The fourth-order valence-corrected chi connectivity index (χ4v) is 0. The van der Waals surface area contributed by atoms with E-state index >= 15 is 0 Å². The predicted octanol–water partition coefficient (Wildman–Crippen LogP) is 0.352.